The number of ether oxygens (including phenoxy) is 1. The summed E-state index contributed by atoms with van der Waals surface area (Å²) in [6, 6.07) is 5.62. The molecule has 26 heavy (non-hydrogen) atoms. The zero-order valence-electron chi connectivity index (χ0n) is 14.2. The van der Waals surface area contributed by atoms with Gasteiger partial charge in [-0.15, -0.1) is 13.2 Å². The molecule has 0 aliphatic carbocycles. The van der Waals surface area contributed by atoms with E-state index in [1.165, 1.54) is 12.1 Å². The summed E-state index contributed by atoms with van der Waals surface area (Å²) in [5.74, 6) is 0.914. The predicted octanol–water partition coefficient (Wildman–Crippen LogP) is 3.39. The molecule has 3 heterocycles. The third-order valence-electron chi connectivity index (χ3n) is 4.26. The summed E-state index contributed by atoms with van der Waals surface area (Å²) < 4.78 is 42.7. The largest absolute Gasteiger partial charge is 0.573 e. The molecule has 0 spiro atoms. The van der Waals surface area contributed by atoms with Crippen LogP contribution >= 0.6 is 0 Å². The van der Waals surface area contributed by atoms with Crippen molar-refractivity contribution < 1.29 is 17.9 Å². The number of anilines is 1. The Bertz CT molecular complexity index is 945. The fourth-order valence-corrected chi connectivity index (χ4v) is 3.01. The molecule has 2 aromatic heterocycles. The van der Waals surface area contributed by atoms with Crippen LogP contribution in [0.4, 0.5) is 19.1 Å². The lowest BCUT2D eigenvalue weighted by molar-refractivity contribution is -0.274. The average Bonchev–Trinajstić information content (AvgIpc) is 2.92. The Morgan fingerprint density at radius 3 is 2.42 bits per heavy atom. The number of imidazole rings is 1. The van der Waals surface area contributed by atoms with Crippen LogP contribution in [0.5, 0.6) is 5.75 Å². The van der Waals surface area contributed by atoms with Gasteiger partial charge < -0.3 is 14.2 Å². The van der Waals surface area contributed by atoms with Gasteiger partial charge >= 0.3 is 6.36 Å². The van der Waals surface area contributed by atoms with Gasteiger partial charge in [-0.1, -0.05) is 6.92 Å². The van der Waals surface area contributed by atoms with E-state index >= 15 is 0 Å². The predicted molar refractivity (Wildman–Crippen MR) is 89.8 cm³/mol. The number of aryl methyl sites for hydroxylation is 1. The maximum Gasteiger partial charge on any atom is 0.573 e. The highest BCUT2D eigenvalue weighted by molar-refractivity contribution is 5.88. The van der Waals surface area contributed by atoms with Crippen LogP contribution in [0.3, 0.4) is 0 Å². The second-order valence-corrected chi connectivity index (χ2v) is 6.48. The van der Waals surface area contributed by atoms with Gasteiger partial charge in [0.15, 0.2) is 5.65 Å². The van der Waals surface area contributed by atoms with Crippen LogP contribution in [-0.2, 0) is 7.05 Å². The highest BCUT2D eigenvalue weighted by Gasteiger charge is 2.31. The lowest BCUT2D eigenvalue weighted by Gasteiger charge is -2.37. The molecular weight excluding hydrogens is 347 g/mol. The summed E-state index contributed by atoms with van der Waals surface area (Å²) >= 11 is 0. The van der Waals surface area contributed by atoms with Crippen molar-refractivity contribution in [2.45, 2.75) is 13.3 Å². The van der Waals surface area contributed by atoms with Gasteiger partial charge in [0.25, 0.3) is 0 Å². The summed E-state index contributed by atoms with van der Waals surface area (Å²) in [7, 11) is 1.84. The summed E-state index contributed by atoms with van der Waals surface area (Å²) in [5, 5.41) is 0. The Morgan fingerprint density at radius 2 is 1.81 bits per heavy atom. The molecule has 1 aliphatic rings. The van der Waals surface area contributed by atoms with Crippen molar-refractivity contribution in [1.82, 2.24) is 19.5 Å². The second kappa shape index (κ2) is 5.86. The first-order valence-electron chi connectivity index (χ1n) is 8.10. The van der Waals surface area contributed by atoms with Crippen LogP contribution in [0.2, 0.25) is 0 Å². The van der Waals surface area contributed by atoms with Gasteiger partial charge in [-0.05, 0) is 30.2 Å². The fourth-order valence-electron chi connectivity index (χ4n) is 3.01. The van der Waals surface area contributed by atoms with Crippen molar-refractivity contribution in [2.75, 3.05) is 18.0 Å². The molecule has 1 aliphatic heterocycles. The molecule has 3 aromatic rings. The zero-order valence-corrected chi connectivity index (χ0v) is 14.2. The summed E-state index contributed by atoms with van der Waals surface area (Å²) in [6.45, 7) is 3.90. The third-order valence-corrected chi connectivity index (χ3v) is 4.26. The number of aromatic nitrogens is 4. The van der Waals surface area contributed by atoms with E-state index in [1.54, 1.807) is 23.0 Å². The van der Waals surface area contributed by atoms with Crippen LogP contribution in [0.15, 0.2) is 30.6 Å². The number of hydrogen-bond donors (Lipinski definition) is 0. The molecule has 4 rings (SSSR count). The zero-order chi connectivity index (χ0) is 18.5. The number of fused-ring (bicyclic) bond motifs is 1. The minimum absolute atomic E-state index is 0.274. The third kappa shape index (κ3) is 3.04. The van der Waals surface area contributed by atoms with Gasteiger partial charge in [0.05, 0.1) is 6.33 Å². The standard InChI is InChI=1S/C17H16F3N5O/c1-10-7-25(8-10)16-22-13(14-15(23-16)24(2)9-21-14)11-3-5-12(6-4-11)26-17(18,19)20/h3-6,9-10H,7-8H2,1-2H3. The van der Waals surface area contributed by atoms with Crippen LogP contribution in [0.25, 0.3) is 22.4 Å². The first-order valence-corrected chi connectivity index (χ1v) is 8.10. The van der Waals surface area contributed by atoms with E-state index in [0.29, 0.717) is 34.3 Å². The molecule has 0 amide bonds. The van der Waals surface area contributed by atoms with Crippen molar-refractivity contribution >= 4 is 17.1 Å². The molecular formula is C17H16F3N5O. The molecule has 9 heteroatoms. The molecule has 0 N–H and O–H groups in total. The van der Waals surface area contributed by atoms with E-state index in [0.717, 1.165) is 13.1 Å². The molecule has 1 saturated heterocycles. The average molecular weight is 363 g/mol. The lowest BCUT2D eigenvalue weighted by Crippen LogP contribution is -2.46. The van der Waals surface area contributed by atoms with Gasteiger partial charge in [-0.2, -0.15) is 4.98 Å². The lowest BCUT2D eigenvalue weighted by atomic mass is 10.0. The Balaban J connectivity index is 1.75. The van der Waals surface area contributed by atoms with Crippen molar-refractivity contribution in [3.63, 3.8) is 0 Å². The van der Waals surface area contributed by atoms with Crippen LogP contribution < -0.4 is 9.64 Å². The van der Waals surface area contributed by atoms with Gasteiger partial charge in [-0.25, -0.2) is 9.97 Å². The fraction of sp³-hybridized carbons (Fsp3) is 0.353. The number of halogens is 3. The van der Waals surface area contributed by atoms with E-state index in [4.69, 9.17) is 0 Å². The minimum Gasteiger partial charge on any atom is -0.406 e. The number of hydrogen-bond acceptors (Lipinski definition) is 5. The summed E-state index contributed by atoms with van der Waals surface area (Å²) in [6.07, 6.45) is -3.07. The van der Waals surface area contributed by atoms with Crippen molar-refractivity contribution in [3.8, 4) is 17.0 Å². The molecule has 1 aromatic carbocycles. The first-order chi connectivity index (χ1) is 12.3. The van der Waals surface area contributed by atoms with E-state index in [-0.39, 0.29) is 5.75 Å². The van der Waals surface area contributed by atoms with Crippen molar-refractivity contribution in [1.29, 1.82) is 0 Å². The van der Waals surface area contributed by atoms with Crippen molar-refractivity contribution in [3.05, 3.63) is 30.6 Å². The molecule has 0 bridgehead atoms. The smallest absolute Gasteiger partial charge is 0.406 e. The number of rotatable bonds is 3. The highest BCUT2D eigenvalue weighted by Crippen LogP contribution is 2.31. The van der Waals surface area contributed by atoms with Crippen LogP contribution in [0.1, 0.15) is 6.92 Å². The Hall–Kier alpha value is -2.84. The van der Waals surface area contributed by atoms with Gasteiger partial charge in [-0.3, -0.25) is 0 Å². The molecule has 136 valence electrons. The van der Waals surface area contributed by atoms with Gasteiger partial charge in [0, 0.05) is 25.7 Å². The van der Waals surface area contributed by atoms with Crippen LogP contribution in [0, 0.1) is 5.92 Å². The number of benzene rings is 1. The monoisotopic (exact) mass is 363 g/mol. The molecule has 0 unspecified atom stereocenters. The minimum atomic E-state index is -4.72. The van der Waals surface area contributed by atoms with E-state index in [2.05, 4.69) is 31.5 Å². The Kier molecular flexibility index (Phi) is 3.74. The van der Waals surface area contributed by atoms with E-state index in [9.17, 15) is 13.2 Å². The Morgan fingerprint density at radius 1 is 1.12 bits per heavy atom. The maximum absolute atomic E-state index is 12.3. The Labute approximate surface area is 147 Å². The van der Waals surface area contributed by atoms with E-state index < -0.39 is 6.36 Å². The number of alkyl halides is 3. The van der Waals surface area contributed by atoms with E-state index in [1.807, 2.05) is 7.05 Å². The molecule has 1 fully saturated rings. The van der Waals surface area contributed by atoms with Gasteiger partial charge in [0.1, 0.15) is 17.0 Å². The SMILES string of the molecule is CC1CN(c2nc(-c3ccc(OC(F)(F)F)cc3)c3ncn(C)c3n2)C1. The second-order valence-electron chi connectivity index (χ2n) is 6.48. The summed E-state index contributed by atoms with van der Waals surface area (Å²) in [4.78, 5) is 15.6. The topological polar surface area (TPSA) is 56.1 Å². The van der Waals surface area contributed by atoms with Crippen molar-refractivity contribution in [2.24, 2.45) is 13.0 Å². The molecule has 0 saturated carbocycles. The number of nitrogens with zero attached hydrogens (tertiary/aromatic N) is 5. The normalized spacial score (nSPS) is 15.3. The molecule has 0 radical (unpaired) electrons. The first kappa shape index (κ1) is 16.6. The highest BCUT2D eigenvalue weighted by atomic mass is 19.4. The maximum atomic E-state index is 12.3. The quantitative estimate of drug-likeness (QED) is 0.714. The van der Waals surface area contributed by atoms with Gasteiger partial charge in [0.2, 0.25) is 5.95 Å². The molecule has 6 nitrogen and oxygen atoms in total. The molecule has 0 atom stereocenters. The summed E-state index contributed by atoms with van der Waals surface area (Å²) in [5.41, 5.74) is 2.53. The van der Waals surface area contributed by atoms with Crippen LogP contribution in [-0.4, -0.2) is 39.0 Å².